The molecule has 0 unspecified atom stereocenters. The molecule has 1 aromatic carbocycles. The van der Waals surface area contributed by atoms with E-state index in [0.29, 0.717) is 18.7 Å². The fourth-order valence-corrected chi connectivity index (χ4v) is 3.46. The van der Waals surface area contributed by atoms with Crippen molar-refractivity contribution in [2.45, 2.75) is 32.2 Å². The van der Waals surface area contributed by atoms with Crippen molar-refractivity contribution in [2.24, 2.45) is 0 Å². The highest BCUT2D eigenvalue weighted by Gasteiger charge is 2.22. The summed E-state index contributed by atoms with van der Waals surface area (Å²) in [7, 11) is -3.45. The topological polar surface area (TPSA) is 69.6 Å². The van der Waals surface area contributed by atoms with E-state index in [4.69, 9.17) is 0 Å². The van der Waals surface area contributed by atoms with E-state index in [1.54, 1.807) is 24.3 Å². The van der Waals surface area contributed by atoms with Crippen molar-refractivity contribution < 1.29 is 13.5 Å². The number of para-hydroxylation sites is 1. The summed E-state index contributed by atoms with van der Waals surface area (Å²) < 4.78 is 28.4. The summed E-state index contributed by atoms with van der Waals surface area (Å²) in [5, 5.41) is 9.61. The van der Waals surface area contributed by atoms with Gasteiger partial charge in [-0.1, -0.05) is 31.0 Å². The molecule has 5 nitrogen and oxygen atoms in total. The summed E-state index contributed by atoms with van der Waals surface area (Å²) >= 11 is 0. The Labute approximate surface area is 114 Å². The first kappa shape index (κ1) is 14.3. The summed E-state index contributed by atoms with van der Waals surface area (Å²) in [5.41, 5.74) is 0.584. The molecule has 0 bridgehead atoms. The van der Waals surface area contributed by atoms with Crippen LogP contribution >= 0.6 is 0 Å². The van der Waals surface area contributed by atoms with E-state index >= 15 is 0 Å². The van der Waals surface area contributed by atoms with Crippen LogP contribution in [0.5, 0.6) is 5.75 Å². The molecular weight excluding hydrogens is 264 g/mol. The van der Waals surface area contributed by atoms with Crippen molar-refractivity contribution in [3.63, 3.8) is 0 Å². The lowest BCUT2D eigenvalue weighted by molar-refractivity contribution is 0.413. The maximum Gasteiger partial charge on any atom is 0.279 e. The molecule has 0 saturated carbocycles. The third-order valence-electron chi connectivity index (χ3n) is 3.34. The predicted octanol–water partition coefficient (Wildman–Crippen LogP) is 1.60. The number of benzene rings is 1. The smallest absolute Gasteiger partial charge is 0.279 e. The molecule has 6 heteroatoms. The molecule has 1 aliphatic heterocycles. The first-order valence-corrected chi connectivity index (χ1v) is 8.05. The van der Waals surface area contributed by atoms with E-state index in [-0.39, 0.29) is 12.3 Å². The zero-order chi connectivity index (χ0) is 13.7. The quantitative estimate of drug-likeness (QED) is 0.882. The molecule has 0 atom stereocenters. The molecule has 106 valence electrons. The molecule has 1 aromatic rings. The normalized spacial score (nSPS) is 18.1. The van der Waals surface area contributed by atoms with E-state index in [0.717, 1.165) is 25.7 Å². The van der Waals surface area contributed by atoms with E-state index in [1.807, 2.05) is 0 Å². The van der Waals surface area contributed by atoms with Crippen LogP contribution in [0.3, 0.4) is 0 Å². The second-order valence-electron chi connectivity index (χ2n) is 4.77. The number of phenolic OH excluding ortho intramolecular Hbond substituents is 1. The Bertz CT molecular complexity index is 508. The minimum absolute atomic E-state index is 0.112. The Kier molecular flexibility index (Phi) is 4.79. The van der Waals surface area contributed by atoms with Gasteiger partial charge in [0.15, 0.2) is 0 Å². The highest BCUT2D eigenvalue weighted by Crippen LogP contribution is 2.17. The Morgan fingerprint density at radius 2 is 1.74 bits per heavy atom. The Hall–Kier alpha value is -1.11. The van der Waals surface area contributed by atoms with Crippen molar-refractivity contribution in [1.82, 2.24) is 9.03 Å². The second-order valence-corrected chi connectivity index (χ2v) is 6.52. The fourth-order valence-electron chi connectivity index (χ4n) is 2.20. The molecule has 19 heavy (non-hydrogen) atoms. The lowest BCUT2D eigenvalue weighted by Gasteiger charge is -2.20. The third-order valence-corrected chi connectivity index (χ3v) is 4.90. The summed E-state index contributed by atoms with van der Waals surface area (Å²) in [5.74, 6) is 0.112. The number of rotatable bonds is 4. The van der Waals surface area contributed by atoms with Gasteiger partial charge in [0, 0.05) is 25.2 Å². The maximum atomic E-state index is 12.2. The average molecular weight is 284 g/mol. The van der Waals surface area contributed by atoms with Crippen LogP contribution in [0.25, 0.3) is 0 Å². The van der Waals surface area contributed by atoms with Crippen LogP contribution in [0.2, 0.25) is 0 Å². The van der Waals surface area contributed by atoms with Gasteiger partial charge in [-0.15, -0.1) is 0 Å². The van der Waals surface area contributed by atoms with Gasteiger partial charge >= 0.3 is 0 Å². The Morgan fingerprint density at radius 3 is 2.37 bits per heavy atom. The predicted molar refractivity (Wildman–Crippen MR) is 73.9 cm³/mol. The number of phenols is 1. The lowest BCUT2D eigenvalue weighted by Crippen LogP contribution is -2.40. The second kappa shape index (κ2) is 6.36. The van der Waals surface area contributed by atoms with Crippen molar-refractivity contribution in [1.29, 1.82) is 0 Å². The van der Waals surface area contributed by atoms with Gasteiger partial charge in [-0.2, -0.15) is 17.4 Å². The number of hydrogen-bond acceptors (Lipinski definition) is 3. The fraction of sp³-hybridized carbons (Fsp3) is 0.538. The van der Waals surface area contributed by atoms with Gasteiger partial charge in [0.25, 0.3) is 10.2 Å². The van der Waals surface area contributed by atoms with Gasteiger partial charge in [-0.3, -0.25) is 0 Å². The molecule has 0 aliphatic carbocycles. The van der Waals surface area contributed by atoms with Gasteiger partial charge < -0.3 is 5.11 Å². The number of aromatic hydroxyl groups is 1. The van der Waals surface area contributed by atoms with Crippen molar-refractivity contribution in [2.75, 3.05) is 13.1 Å². The molecule has 0 amide bonds. The van der Waals surface area contributed by atoms with Crippen LogP contribution < -0.4 is 4.72 Å². The molecule has 1 aliphatic rings. The summed E-state index contributed by atoms with van der Waals surface area (Å²) in [6.07, 6.45) is 4.01. The minimum Gasteiger partial charge on any atom is -0.508 e. The van der Waals surface area contributed by atoms with Gasteiger partial charge in [0.1, 0.15) is 5.75 Å². The Morgan fingerprint density at radius 1 is 1.11 bits per heavy atom. The van der Waals surface area contributed by atoms with Crippen LogP contribution in [0.15, 0.2) is 24.3 Å². The number of nitrogens with zero attached hydrogens (tertiary/aromatic N) is 1. The van der Waals surface area contributed by atoms with E-state index in [1.165, 1.54) is 4.31 Å². The number of hydrogen-bond donors (Lipinski definition) is 2. The van der Waals surface area contributed by atoms with Crippen LogP contribution in [0.1, 0.15) is 31.2 Å². The van der Waals surface area contributed by atoms with Crippen LogP contribution in [-0.2, 0) is 16.8 Å². The monoisotopic (exact) mass is 284 g/mol. The first-order chi connectivity index (χ1) is 9.09. The van der Waals surface area contributed by atoms with E-state index in [2.05, 4.69) is 4.72 Å². The molecule has 0 radical (unpaired) electrons. The summed E-state index contributed by atoms with van der Waals surface area (Å²) in [6, 6.07) is 6.74. The molecule has 2 N–H and O–H groups in total. The maximum absolute atomic E-state index is 12.2. The van der Waals surface area contributed by atoms with Gasteiger partial charge in [0.05, 0.1) is 0 Å². The average Bonchev–Trinajstić information content (AvgIpc) is 2.67. The van der Waals surface area contributed by atoms with Crippen molar-refractivity contribution in [3.8, 4) is 5.75 Å². The minimum atomic E-state index is -3.45. The van der Waals surface area contributed by atoms with Crippen LogP contribution in [0, 0.1) is 0 Å². The van der Waals surface area contributed by atoms with E-state index in [9.17, 15) is 13.5 Å². The van der Waals surface area contributed by atoms with Crippen molar-refractivity contribution >= 4 is 10.2 Å². The van der Waals surface area contributed by atoms with Gasteiger partial charge in [-0.25, -0.2) is 0 Å². The molecule has 1 fully saturated rings. The first-order valence-electron chi connectivity index (χ1n) is 6.61. The van der Waals surface area contributed by atoms with Crippen molar-refractivity contribution in [3.05, 3.63) is 29.8 Å². The SMILES string of the molecule is O=S(=O)(NCc1ccccc1O)N1CCCCCC1. The molecule has 0 aromatic heterocycles. The van der Waals surface area contributed by atoms with Crippen LogP contribution in [0.4, 0.5) is 0 Å². The molecule has 1 saturated heterocycles. The molecule has 2 rings (SSSR count). The zero-order valence-electron chi connectivity index (χ0n) is 10.9. The number of nitrogens with one attached hydrogen (secondary N) is 1. The zero-order valence-corrected chi connectivity index (χ0v) is 11.7. The Balaban J connectivity index is 1.99. The molecule has 1 heterocycles. The summed E-state index contributed by atoms with van der Waals surface area (Å²) in [6.45, 7) is 1.28. The van der Waals surface area contributed by atoms with Crippen LogP contribution in [-0.4, -0.2) is 30.9 Å². The largest absolute Gasteiger partial charge is 0.508 e. The summed E-state index contributed by atoms with van der Waals surface area (Å²) in [4.78, 5) is 0. The standard InChI is InChI=1S/C13H20N2O3S/c16-13-8-4-3-7-12(13)11-14-19(17,18)15-9-5-1-2-6-10-15/h3-4,7-8,14,16H,1-2,5-6,9-11H2. The highest BCUT2D eigenvalue weighted by molar-refractivity contribution is 7.87. The highest BCUT2D eigenvalue weighted by atomic mass is 32.2. The lowest BCUT2D eigenvalue weighted by atomic mass is 10.2. The van der Waals surface area contributed by atoms with Gasteiger partial charge in [-0.05, 0) is 18.9 Å². The third kappa shape index (κ3) is 3.92. The van der Waals surface area contributed by atoms with E-state index < -0.39 is 10.2 Å². The van der Waals surface area contributed by atoms with Gasteiger partial charge in [0.2, 0.25) is 0 Å². The molecule has 0 spiro atoms. The molecular formula is C13H20N2O3S.